The van der Waals surface area contributed by atoms with Crippen molar-refractivity contribution >= 4 is 75.4 Å². The summed E-state index contributed by atoms with van der Waals surface area (Å²) in [5, 5.41) is 18.0. The van der Waals surface area contributed by atoms with Gasteiger partial charge in [0.1, 0.15) is 0 Å². The molecule has 0 aliphatic rings. The van der Waals surface area contributed by atoms with Crippen LogP contribution in [0.25, 0.3) is 131 Å². The monoisotopic (exact) mass is 886 g/mol. The minimum Gasteiger partial charge on any atom is -0.0622 e. The number of hydrogen-bond acceptors (Lipinski definition) is 0. The summed E-state index contributed by atoms with van der Waals surface area (Å²) in [6.45, 7) is 0. The minimum absolute atomic E-state index is 1.24. The van der Waals surface area contributed by atoms with Crippen LogP contribution in [0.15, 0.2) is 279 Å². The molecule has 0 saturated carbocycles. The van der Waals surface area contributed by atoms with Gasteiger partial charge in [-0.25, -0.2) is 0 Å². The van der Waals surface area contributed by atoms with E-state index in [1.807, 2.05) is 0 Å². The van der Waals surface area contributed by atoms with E-state index >= 15 is 0 Å². The molecule has 14 rings (SSSR count). The van der Waals surface area contributed by atoms with Crippen LogP contribution >= 0.6 is 0 Å². The zero-order valence-corrected chi connectivity index (χ0v) is 38.6. The first-order chi connectivity index (χ1) is 34.8. The van der Waals surface area contributed by atoms with Crippen molar-refractivity contribution in [1.82, 2.24) is 0 Å². The summed E-state index contributed by atoms with van der Waals surface area (Å²) in [4.78, 5) is 0. The molecule has 70 heavy (non-hydrogen) atoms. The molecule has 0 aromatic heterocycles. The van der Waals surface area contributed by atoms with Crippen LogP contribution in [-0.4, -0.2) is 0 Å². The lowest BCUT2D eigenvalue weighted by atomic mass is 9.84. The van der Waals surface area contributed by atoms with Gasteiger partial charge in [0.25, 0.3) is 0 Å². The standard InChI is InChI=1S/C36H24.C34H22/c1-3-13-25(14-4-1)27-23-24-34(29-18-8-7-17-28(27)29)36-32-21-11-9-19-30(32)35(26-15-5-2-6-16-26)31-20-10-12-22-33(31)36;1-2-12-25-22-26(21-20-23(25)10-1)33-29-15-5-7-17-31(29)34(32-18-8-6-16-30(32)33)28-19-9-13-24-11-3-4-14-27(24)28/h1-24H;1-22H. The predicted octanol–water partition coefficient (Wildman–Crippen LogP) is 19.8. The highest BCUT2D eigenvalue weighted by molar-refractivity contribution is 6.25. The fourth-order valence-corrected chi connectivity index (χ4v) is 11.2. The SMILES string of the molecule is c1ccc(-c2ccc(-c3c4ccccc4c(-c4ccccc4)c4ccccc34)c3ccccc23)cc1.c1ccc2cc(-c3c4ccccc4c(-c4cccc5ccccc45)c4ccccc34)ccc2c1. The average molecular weight is 887 g/mol. The molecule has 0 aliphatic carbocycles. The van der Waals surface area contributed by atoms with Gasteiger partial charge < -0.3 is 0 Å². The van der Waals surface area contributed by atoms with Gasteiger partial charge in [0.15, 0.2) is 0 Å². The van der Waals surface area contributed by atoms with Crippen molar-refractivity contribution in [1.29, 1.82) is 0 Å². The average Bonchev–Trinajstić information content (AvgIpc) is 3.44. The Morgan fingerprint density at radius 3 is 1.01 bits per heavy atom. The highest BCUT2D eigenvalue weighted by Crippen LogP contribution is 2.48. The molecule has 326 valence electrons. The van der Waals surface area contributed by atoms with E-state index in [4.69, 9.17) is 0 Å². The molecule has 0 N–H and O–H groups in total. The molecule has 0 nitrogen and oxygen atoms in total. The second-order valence-corrected chi connectivity index (χ2v) is 18.2. The fraction of sp³-hybridized carbons (Fsp3) is 0. The Morgan fingerprint density at radius 1 is 0.143 bits per heavy atom. The largest absolute Gasteiger partial charge is 0.0622 e. The van der Waals surface area contributed by atoms with Crippen molar-refractivity contribution < 1.29 is 0 Å². The Kier molecular flexibility index (Phi) is 10.3. The maximum absolute atomic E-state index is 2.33. The summed E-state index contributed by atoms with van der Waals surface area (Å²) in [7, 11) is 0. The van der Waals surface area contributed by atoms with Gasteiger partial charge in [0.2, 0.25) is 0 Å². The number of fused-ring (bicyclic) bond motifs is 7. The highest BCUT2D eigenvalue weighted by Gasteiger charge is 2.20. The molecule has 0 unspecified atom stereocenters. The Labute approximate surface area is 408 Å². The third-order valence-electron chi connectivity index (χ3n) is 14.3. The fourth-order valence-electron chi connectivity index (χ4n) is 11.2. The lowest BCUT2D eigenvalue weighted by molar-refractivity contribution is 1.64. The molecule has 14 aromatic carbocycles. The summed E-state index contributed by atoms with van der Waals surface area (Å²) >= 11 is 0. The van der Waals surface area contributed by atoms with E-state index in [1.54, 1.807) is 0 Å². The normalized spacial score (nSPS) is 11.4. The second kappa shape index (κ2) is 17.5. The smallest absolute Gasteiger partial charge is 0.00201 e. The van der Waals surface area contributed by atoms with E-state index in [2.05, 4.69) is 279 Å². The molecule has 0 heterocycles. The molecule has 0 saturated heterocycles. The van der Waals surface area contributed by atoms with Gasteiger partial charge >= 0.3 is 0 Å². The first-order valence-electron chi connectivity index (χ1n) is 24.3. The van der Waals surface area contributed by atoms with E-state index < -0.39 is 0 Å². The molecule has 0 fully saturated rings. The highest BCUT2D eigenvalue weighted by atomic mass is 14.2. The van der Waals surface area contributed by atoms with Gasteiger partial charge in [-0.2, -0.15) is 0 Å². The van der Waals surface area contributed by atoms with E-state index in [-0.39, 0.29) is 0 Å². The number of hydrogen-bond donors (Lipinski definition) is 0. The maximum Gasteiger partial charge on any atom is -0.00201 e. The van der Waals surface area contributed by atoms with Crippen molar-refractivity contribution in [2.75, 3.05) is 0 Å². The van der Waals surface area contributed by atoms with Gasteiger partial charge in [0, 0.05) is 0 Å². The van der Waals surface area contributed by atoms with Crippen LogP contribution < -0.4 is 0 Å². The zero-order valence-electron chi connectivity index (χ0n) is 38.6. The van der Waals surface area contributed by atoms with Crippen molar-refractivity contribution in [2.24, 2.45) is 0 Å². The third kappa shape index (κ3) is 7.00. The van der Waals surface area contributed by atoms with E-state index in [0.717, 1.165) is 0 Å². The molecule has 0 bridgehead atoms. The lowest BCUT2D eigenvalue weighted by Gasteiger charge is -2.19. The first kappa shape index (κ1) is 41.1. The summed E-state index contributed by atoms with van der Waals surface area (Å²) in [5.74, 6) is 0. The number of rotatable bonds is 5. The minimum atomic E-state index is 1.24. The van der Waals surface area contributed by atoms with Crippen LogP contribution in [0.3, 0.4) is 0 Å². The Balaban J connectivity index is 0.000000137. The molecule has 0 atom stereocenters. The van der Waals surface area contributed by atoms with Gasteiger partial charge in [-0.3, -0.25) is 0 Å². The number of benzene rings is 14. The summed E-state index contributed by atoms with van der Waals surface area (Å²) in [5.41, 5.74) is 12.8. The zero-order chi connectivity index (χ0) is 46.4. The summed E-state index contributed by atoms with van der Waals surface area (Å²) in [6.07, 6.45) is 0. The van der Waals surface area contributed by atoms with Crippen molar-refractivity contribution in [3.05, 3.63) is 279 Å². The molecule has 0 heteroatoms. The van der Waals surface area contributed by atoms with Crippen LogP contribution in [-0.2, 0) is 0 Å². The molecule has 0 amide bonds. The van der Waals surface area contributed by atoms with Crippen LogP contribution in [0.2, 0.25) is 0 Å². The van der Waals surface area contributed by atoms with E-state index in [1.165, 1.54) is 131 Å². The van der Waals surface area contributed by atoms with Crippen LogP contribution in [0.5, 0.6) is 0 Å². The summed E-state index contributed by atoms with van der Waals surface area (Å²) in [6, 6.07) is 101. The van der Waals surface area contributed by atoms with Crippen molar-refractivity contribution in [2.45, 2.75) is 0 Å². The van der Waals surface area contributed by atoms with Crippen LogP contribution in [0.1, 0.15) is 0 Å². The van der Waals surface area contributed by atoms with Crippen molar-refractivity contribution in [3.63, 3.8) is 0 Å². The van der Waals surface area contributed by atoms with Gasteiger partial charge in [-0.1, -0.05) is 273 Å². The quantitative estimate of drug-likeness (QED) is 0.151. The predicted molar refractivity (Wildman–Crippen MR) is 303 cm³/mol. The molecule has 14 aromatic rings. The molecule has 0 radical (unpaired) electrons. The molecular weight excluding hydrogens is 841 g/mol. The molecule has 0 spiro atoms. The second-order valence-electron chi connectivity index (χ2n) is 18.2. The molecule has 0 aliphatic heterocycles. The van der Waals surface area contributed by atoms with Gasteiger partial charge in [-0.05, 0) is 137 Å². The summed E-state index contributed by atoms with van der Waals surface area (Å²) < 4.78 is 0. The van der Waals surface area contributed by atoms with Gasteiger partial charge in [-0.15, -0.1) is 0 Å². The third-order valence-corrected chi connectivity index (χ3v) is 14.3. The topological polar surface area (TPSA) is 0 Å². The lowest BCUT2D eigenvalue weighted by Crippen LogP contribution is -1.92. The Hall–Kier alpha value is -9.10. The Morgan fingerprint density at radius 2 is 0.486 bits per heavy atom. The first-order valence-corrected chi connectivity index (χ1v) is 24.3. The van der Waals surface area contributed by atoms with E-state index in [0.29, 0.717) is 0 Å². The maximum atomic E-state index is 2.33. The van der Waals surface area contributed by atoms with E-state index in [9.17, 15) is 0 Å². The van der Waals surface area contributed by atoms with Crippen LogP contribution in [0.4, 0.5) is 0 Å². The Bertz CT molecular complexity index is 4160. The van der Waals surface area contributed by atoms with Gasteiger partial charge in [0.05, 0.1) is 0 Å². The molecular formula is C70H46. The van der Waals surface area contributed by atoms with Crippen molar-refractivity contribution in [3.8, 4) is 55.6 Å². The van der Waals surface area contributed by atoms with Crippen LogP contribution in [0, 0.1) is 0 Å².